The van der Waals surface area contributed by atoms with Gasteiger partial charge in [0.2, 0.25) is 5.91 Å². The topological polar surface area (TPSA) is 34.0 Å². The monoisotopic (exact) mass is 208 g/mol. The number of aromatic nitrogens is 1. The lowest BCUT2D eigenvalue weighted by molar-refractivity contribution is -0.122. The molecule has 0 atom stereocenters. The predicted molar refractivity (Wildman–Crippen MR) is 61.5 cm³/mol. The molecule has 1 amide bonds. The number of rotatable bonds is 4. The Labute approximate surface area is 91.5 Å². The van der Waals surface area contributed by atoms with Crippen molar-refractivity contribution in [1.82, 2.24) is 9.88 Å². The highest BCUT2D eigenvalue weighted by Crippen LogP contribution is 2.17. The standard InChI is InChI=1S/C12H20N2O/c1-12(2,3)10-11(15)13-6-9-14-7-4-5-8-14/h4-5,7-8H,6,9-10H2,1-3H3,(H,13,15). The maximum atomic E-state index is 11.5. The molecule has 0 aromatic carbocycles. The van der Waals surface area contributed by atoms with E-state index in [-0.39, 0.29) is 11.3 Å². The molecule has 0 spiro atoms. The van der Waals surface area contributed by atoms with Gasteiger partial charge in [-0.15, -0.1) is 0 Å². The van der Waals surface area contributed by atoms with E-state index in [0.29, 0.717) is 13.0 Å². The molecule has 1 N–H and O–H groups in total. The van der Waals surface area contributed by atoms with E-state index in [2.05, 4.69) is 30.7 Å². The quantitative estimate of drug-likeness (QED) is 0.807. The summed E-state index contributed by atoms with van der Waals surface area (Å²) in [5, 5.41) is 2.92. The summed E-state index contributed by atoms with van der Waals surface area (Å²) >= 11 is 0. The molecule has 3 nitrogen and oxygen atoms in total. The highest BCUT2D eigenvalue weighted by molar-refractivity contribution is 5.76. The summed E-state index contributed by atoms with van der Waals surface area (Å²) in [7, 11) is 0. The van der Waals surface area contributed by atoms with Gasteiger partial charge in [-0.1, -0.05) is 20.8 Å². The summed E-state index contributed by atoms with van der Waals surface area (Å²) in [6.07, 6.45) is 4.57. The van der Waals surface area contributed by atoms with Gasteiger partial charge in [0.1, 0.15) is 0 Å². The summed E-state index contributed by atoms with van der Waals surface area (Å²) in [5.41, 5.74) is 0.0670. The van der Waals surface area contributed by atoms with Gasteiger partial charge >= 0.3 is 0 Å². The Morgan fingerprint density at radius 3 is 2.40 bits per heavy atom. The van der Waals surface area contributed by atoms with Gasteiger partial charge in [-0.2, -0.15) is 0 Å². The Morgan fingerprint density at radius 1 is 1.27 bits per heavy atom. The third-order valence-corrected chi connectivity index (χ3v) is 2.05. The van der Waals surface area contributed by atoms with Crippen molar-refractivity contribution in [3.63, 3.8) is 0 Å². The minimum absolute atomic E-state index is 0.0670. The van der Waals surface area contributed by atoms with E-state index in [0.717, 1.165) is 6.54 Å². The second-order valence-corrected chi connectivity index (χ2v) is 5.01. The van der Waals surface area contributed by atoms with Crippen LogP contribution in [-0.4, -0.2) is 17.0 Å². The number of nitrogens with zero attached hydrogens (tertiary/aromatic N) is 1. The average Bonchev–Trinajstić information content (AvgIpc) is 2.53. The molecule has 0 radical (unpaired) electrons. The van der Waals surface area contributed by atoms with Gasteiger partial charge in [0, 0.05) is 31.9 Å². The third-order valence-electron chi connectivity index (χ3n) is 2.05. The lowest BCUT2D eigenvalue weighted by atomic mass is 9.92. The lowest BCUT2D eigenvalue weighted by Gasteiger charge is -2.17. The van der Waals surface area contributed by atoms with E-state index in [4.69, 9.17) is 0 Å². The van der Waals surface area contributed by atoms with Crippen LogP contribution in [-0.2, 0) is 11.3 Å². The third kappa shape index (κ3) is 5.25. The zero-order valence-electron chi connectivity index (χ0n) is 9.79. The summed E-state index contributed by atoms with van der Waals surface area (Å²) in [5.74, 6) is 0.134. The first-order chi connectivity index (χ1) is 6.97. The van der Waals surface area contributed by atoms with Gasteiger partial charge in [-0.25, -0.2) is 0 Å². The van der Waals surface area contributed by atoms with Crippen molar-refractivity contribution in [3.05, 3.63) is 24.5 Å². The van der Waals surface area contributed by atoms with Gasteiger partial charge in [0.15, 0.2) is 0 Å². The molecular weight excluding hydrogens is 188 g/mol. The van der Waals surface area contributed by atoms with Crippen molar-refractivity contribution >= 4 is 5.91 Å². The van der Waals surface area contributed by atoms with Crippen LogP contribution in [0.15, 0.2) is 24.5 Å². The zero-order chi connectivity index (χ0) is 11.3. The van der Waals surface area contributed by atoms with Crippen LogP contribution in [0.3, 0.4) is 0 Å². The summed E-state index contributed by atoms with van der Waals surface area (Å²) < 4.78 is 2.05. The van der Waals surface area contributed by atoms with E-state index in [1.54, 1.807) is 0 Å². The first-order valence-electron chi connectivity index (χ1n) is 5.35. The largest absolute Gasteiger partial charge is 0.354 e. The molecule has 1 rings (SSSR count). The molecule has 0 aliphatic carbocycles. The Hall–Kier alpha value is -1.25. The summed E-state index contributed by atoms with van der Waals surface area (Å²) in [4.78, 5) is 11.5. The molecule has 0 unspecified atom stereocenters. The fourth-order valence-corrected chi connectivity index (χ4v) is 1.39. The number of nitrogens with one attached hydrogen (secondary N) is 1. The lowest BCUT2D eigenvalue weighted by Crippen LogP contribution is -2.30. The molecule has 3 heteroatoms. The van der Waals surface area contributed by atoms with Crippen LogP contribution < -0.4 is 5.32 Å². The number of hydrogen-bond donors (Lipinski definition) is 1. The zero-order valence-corrected chi connectivity index (χ0v) is 9.79. The van der Waals surface area contributed by atoms with Crippen molar-refractivity contribution in [2.45, 2.75) is 33.7 Å². The highest BCUT2D eigenvalue weighted by atomic mass is 16.1. The maximum Gasteiger partial charge on any atom is 0.220 e. The summed E-state index contributed by atoms with van der Waals surface area (Å²) in [6, 6.07) is 3.97. The molecule has 1 aromatic rings. The van der Waals surface area contributed by atoms with Crippen LogP contribution in [0.25, 0.3) is 0 Å². The fraction of sp³-hybridized carbons (Fsp3) is 0.583. The van der Waals surface area contributed by atoms with Gasteiger partial charge < -0.3 is 9.88 Å². The van der Waals surface area contributed by atoms with Crippen molar-refractivity contribution in [2.24, 2.45) is 5.41 Å². The van der Waals surface area contributed by atoms with Crippen LogP contribution in [0, 0.1) is 5.41 Å². The van der Waals surface area contributed by atoms with E-state index in [1.165, 1.54) is 0 Å². The van der Waals surface area contributed by atoms with Gasteiger partial charge in [0.25, 0.3) is 0 Å². The average molecular weight is 208 g/mol. The smallest absolute Gasteiger partial charge is 0.220 e. The molecule has 0 saturated heterocycles. The Morgan fingerprint density at radius 2 is 1.87 bits per heavy atom. The molecule has 0 aliphatic heterocycles. The van der Waals surface area contributed by atoms with E-state index in [1.807, 2.05) is 24.5 Å². The Bertz CT molecular complexity index is 296. The Kier molecular flexibility index (Phi) is 3.95. The number of amides is 1. The molecule has 0 fully saturated rings. The van der Waals surface area contributed by atoms with Crippen molar-refractivity contribution in [3.8, 4) is 0 Å². The van der Waals surface area contributed by atoms with Crippen LogP contribution in [0.4, 0.5) is 0 Å². The molecule has 0 bridgehead atoms. The van der Waals surface area contributed by atoms with Gasteiger partial charge in [-0.05, 0) is 17.5 Å². The van der Waals surface area contributed by atoms with Crippen LogP contribution in [0.2, 0.25) is 0 Å². The second kappa shape index (κ2) is 5.01. The SMILES string of the molecule is CC(C)(C)CC(=O)NCCn1cccc1. The van der Waals surface area contributed by atoms with Crippen molar-refractivity contribution in [1.29, 1.82) is 0 Å². The molecule has 0 saturated carbocycles. The maximum absolute atomic E-state index is 11.5. The van der Waals surface area contributed by atoms with Crippen LogP contribution >= 0.6 is 0 Å². The number of carbonyl (C=O) groups is 1. The van der Waals surface area contributed by atoms with Gasteiger partial charge in [-0.3, -0.25) is 4.79 Å². The molecule has 1 heterocycles. The van der Waals surface area contributed by atoms with Crippen molar-refractivity contribution in [2.75, 3.05) is 6.54 Å². The molecule has 84 valence electrons. The fourth-order valence-electron chi connectivity index (χ4n) is 1.39. The first kappa shape index (κ1) is 11.8. The summed E-state index contributed by atoms with van der Waals surface area (Å²) in [6.45, 7) is 7.74. The second-order valence-electron chi connectivity index (χ2n) is 5.01. The van der Waals surface area contributed by atoms with Crippen LogP contribution in [0.1, 0.15) is 27.2 Å². The Balaban J connectivity index is 2.18. The molecular formula is C12H20N2O. The molecule has 15 heavy (non-hydrogen) atoms. The molecule has 0 aliphatic rings. The predicted octanol–water partition coefficient (Wildman–Crippen LogP) is 2.04. The molecule has 1 aromatic heterocycles. The number of carbonyl (C=O) groups excluding carboxylic acids is 1. The number of hydrogen-bond acceptors (Lipinski definition) is 1. The van der Waals surface area contributed by atoms with Crippen LogP contribution in [0.5, 0.6) is 0 Å². The van der Waals surface area contributed by atoms with Gasteiger partial charge in [0.05, 0.1) is 0 Å². The minimum Gasteiger partial charge on any atom is -0.354 e. The van der Waals surface area contributed by atoms with E-state index >= 15 is 0 Å². The first-order valence-corrected chi connectivity index (χ1v) is 5.35. The van der Waals surface area contributed by atoms with E-state index < -0.39 is 0 Å². The minimum atomic E-state index is 0.0670. The van der Waals surface area contributed by atoms with E-state index in [9.17, 15) is 4.79 Å². The van der Waals surface area contributed by atoms with Crippen molar-refractivity contribution < 1.29 is 4.79 Å². The normalized spacial score (nSPS) is 11.4. The highest BCUT2D eigenvalue weighted by Gasteiger charge is 2.14.